The van der Waals surface area contributed by atoms with Gasteiger partial charge in [0.25, 0.3) is 0 Å². The lowest BCUT2D eigenvalue weighted by Crippen LogP contribution is -2.15. The molecule has 0 aliphatic carbocycles. The Balaban J connectivity index is 1.39. The number of carbonyl (C=O) groups is 2. The number of anilines is 4. The highest BCUT2D eigenvalue weighted by Gasteiger charge is 2.20. The normalized spacial score (nSPS) is 14.7. The number of benzene rings is 2. The lowest BCUT2D eigenvalue weighted by atomic mass is 10.0. The van der Waals surface area contributed by atoms with Gasteiger partial charge in [0.05, 0.1) is 30.5 Å². The van der Waals surface area contributed by atoms with Crippen molar-refractivity contribution in [2.45, 2.75) is 12.8 Å². The molecule has 3 aromatic rings. The minimum Gasteiger partial charge on any atom is -0.492 e. The third-order valence-electron chi connectivity index (χ3n) is 5.00. The summed E-state index contributed by atoms with van der Waals surface area (Å²) in [7, 11) is 0. The second-order valence-corrected chi connectivity index (χ2v) is 7.11. The number of rotatable bonds is 4. The highest BCUT2D eigenvalue weighted by molar-refractivity contribution is 6.01. The van der Waals surface area contributed by atoms with Gasteiger partial charge in [0, 0.05) is 24.2 Å². The van der Waals surface area contributed by atoms with Crippen LogP contribution in [0.5, 0.6) is 11.5 Å². The molecule has 156 valence electrons. The van der Waals surface area contributed by atoms with Crippen molar-refractivity contribution in [1.29, 1.82) is 0 Å². The number of nitrogens with one attached hydrogen (secondary N) is 2. The van der Waals surface area contributed by atoms with E-state index in [0.29, 0.717) is 60.1 Å². The molecule has 2 aromatic carbocycles. The fourth-order valence-electron chi connectivity index (χ4n) is 3.46. The molecule has 0 atom stereocenters. The average Bonchev–Trinajstić information content (AvgIpc) is 2.77. The Morgan fingerprint density at radius 1 is 0.839 bits per heavy atom. The Bertz CT molecular complexity index is 1210. The molecule has 0 saturated heterocycles. The molecule has 5 rings (SSSR count). The van der Waals surface area contributed by atoms with Crippen molar-refractivity contribution in [2.75, 3.05) is 23.8 Å². The zero-order valence-corrected chi connectivity index (χ0v) is 16.3. The van der Waals surface area contributed by atoms with Crippen LogP contribution in [-0.2, 0) is 0 Å². The van der Waals surface area contributed by atoms with Gasteiger partial charge in [-0.2, -0.15) is 4.98 Å². The monoisotopic (exact) mass is 420 g/mol. The Morgan fingerprint density at radius 3 is 2.03 bits per heavy atom. The minimum atomic E-state index is -0.653. The van der Waals surface area contributed by atoms with Crippen molar-refractivity contribution in [1.82, 2.24) is 9.97 Å². The van der Waals surface area contributed by atoms with E-state index in [2.05, 4.69) is 20.6 Å². The van der Waals surface area contributed by atoms with E-state index in [1.54, 1.807) is 36.4 Å². The van der Waals surface area contributed by atoms with Gasteiger partial charge in [-0.25, -0.2) is 9.37 Å². The number of hydrogen-bond acceptors (Lipinski definition) is 8. The SMILES string of the molecule is O=C1CCOc2ccc(Nc3ncc(F)c(Nc4ccc5c(c4)C(=O)CCO5)n3)cc21. The Kier molecular flexibility index (Phi) is 4.70. The van der Waals surface area contributed by atoms with Crippen LogP contribution in [0.4, 0.5) is 27.5 Å². The summed E-state index contributed by atoms with van der Waals surface area (Å²) < 4.78 is 25.3. The Hall–Kier alpha value is -4.01. The van der Waals surface area contributed by atoms with E-state index in [1.807, 2.05) is 0 Å². The van der Waals surface area contributed by atoms with Gasteiger partial charge in [-0.15, -0.1) is 0 Å². The third kappa shape index (κ3) is 3.77. The Morgan fingerprint density at radius 2 is 1.42 bits per heavy atom. The topological polar surface area (TPSA) is 102 Å². The van der Waals surface area contributed by atoms with E-state index in [1.165, 1.54) is 0 Å². The van der Waals surface area contributed by atoms with Crippen LogP contribution in [0.3, 0.4) is 0 Å². The van der Waals surface area contributed by atoms with Crippen molar-refractivity contribution in [3.05, 3.63) is 59.5 Å². The molecule has 0 unspecified atom stereocenters. The molecule has 9 heteroatoms. The van der Waals surface area contributed by atoms with Crippen molar-refractivity contribution in [3.63, 3.8) is 0 Å². The first-order valence-electron chi connectivity index (χ1n) is 9.73. The third-order valence-corrected chi connectivity index (χ3v) is 5.00. The van der Waals surface area contributed by atoms with Crippen LogP contribution < -0.4 is 20.1 Å². The first-order valence-corrected chi connectivity index (χ1v) is 9.73. The highest BCUT2D eigenvalue weighted by Crippen LogP contribution is 2.31. The number of ether oxygens (including phenoxy) is 2. The van der Waals surface area contributed by atoms with Crippen LogP contribution >= 0.6 is 0 Å². The maximum atomic E-state index is 14.3. The molecule has 1 aromatic heterocycles. The molecule has 2 aliphatic rings. The fraction of sp³-hybridized carbons (Fsp3) is 0.182. The molecular formula is C22H17FN4O4. The summed E-state index contributed by atoms with van der Waals surface area (Å²) in [5.41, 5.74) is 2.01. The molecule has 0 fully saturated rings. The van der Waals surface area contributed by atoms with Crippen molar-refractivity contribution in [3.8, 4) is 11.5 Å². The number of fused-ring (bicyclic) bond motifs is 2. The summed E-state index contributed by atoms with van der Waals surface area (Å²) in [6.45, 7) is 0.726. The summed E-state index contributed by atoms with van der Waals surface area (Å²) in [4.78, 5) is 32.3. The molecule has 0 amide bonds. The molecule has 0 spiro atoms. The number of aromatic nitrogens is 2. The lowest BCUT2D eigenvalue weighted by Gasteiger charge is -2.18. The summed E-state index contributed by atoms with van der Waals surface area (Å²) in [5.74, 6) is 0.456. The largest absolute Gasteiger partial charge is 0.492 e. The highest BCUT2D eigenvalue weighted by atomic mass is 19.1. The van der Waals surface area contributed by atoms with Gasteiger partial charge in [0.2, 0.25) is 5.95 Å². The van der Waals surface area contributed by atoms with Gasteiger partial charge < -0.3 is 20.1 Å². The standard InChI is InChI=1S/C22H17FN4O4/c23-16-11-24-22(26-13-2-4-20-15(10-13)18(29)6-8-31-20)27-21(16)25-12-1-3-19-14(9-12)17(28)5-7-30-19/h1-4,9-11H,5-8H2,(H2,24,25,26,27). The molecule has 0 radical (unpaired) electrons. The first kappa shape index (κ1) is 19.0. The molecule has 2 aliphatic heterocycles. The predicted molar refractivity (Wildman–Crippen MR) is 110 cm³/mol. The van der Waals surface area contributed by atoms with Gasteiger partial charge in [-0.05, 0) is 36.4 Å². The maximum Gasteiger partial charge on any atom is 0.229 e. The van der Waals surface area contributed by atoms with Crippen molar-refractivity contribution in [2.24, 2.45) is 0 Å². The lowest BCUT2D eigenvalue weighted by molar-refractivity contribution is 0.0924. The molecule has 0 bridgehead atoms. The number of nitrogens with zero attached hydrogens (tertiary/aromatic N) is 2. The zero-order chi connectivity index (χ0) is 21.4. The van der Waals surface area contributed by atoms with E-state index >= 15 is 0 Å². The van der Waals surface area contributed by atoms with E-state index in [9.17, 15) is 14.0 Å². The quantitative estimate of drug-likeness (QED) is 0.652. The number of ketones is 2. The molecule has 2 N–H and O–H groups in total. The minimum absolute atomic E-state index is 0.00165. The van der Waals surface area contributed by atoms with Crippen molar-refractivity contribution >= 4 is 34.7 Å². The van der Waals surface area contributed by atoms with Crippen molar-refractivity contribution < 1.29 is 23.5 Å². The summed E-state index contributed by atoms with van der Waals surface area (Å²) in [5, 5.41) is 5.85. The van der Waals surface area contributed by atoms with E-state index < -0.39 is 5.82 Å². The van der Waals surface area contributed by atoms with Crippen LogP contribution in [0.2, 0.25) is 0 Å². The summed E-state index contributed by atoms with van der Waals surface area (Å²) >= 11 is 0. The van der Waals surface area contributed by atoms with Gasteiger partial charge in [-0.1, -0.05) is 0 Å². The summed E-state index contributed by atoms with van der Waals surface area (Å²) in [6.07, 6.45) is 1.67. The molecule has 0 saturated carbocycles. The molecule has 31 heavy (non-hydrogen) atoms. The van der Waals surface area contributed by atoms with Crippen LogP contribution in [0.15, 0.2) is 42.6 Å². The van der Waals surface area contributed by atoms with E-state index in [-0.39, 0.29) is 23.3 Å². The number of Topliss-reactive ketones (excluding diaryl/α,β-unsaturated/α-hetero) is 2. The zero-order valence-electron chi connectivity index (χ0n) is 16.3. The van der Waals surface area contributed by atoms with Gasteiger partial charge in [0.1, 0.15) is 11.5 Å². The van der Waals surface area contributed by atoms with Crippen LogP contribution in [0.1, 0.15) is 33.6 Å². The van der Waals surface area contributed by atoms with E-state index in [4.69, 9.17) is 9.47 Å². The Labute approximate surface area is 176 Å². The number of halogens is 1. The summed E-state index contributed by atoms with van der Waals surface area (Å²) in [6, 6.07) is 10.0. The number of hydrogen-bond donors (Lipinski definition) is 2. The molecule has 8 nitrogen and oxygen atoms in total. The average molecular weight is 420 g/mol. The first-order chi connectivity index (χ1) is 15.1. The fourth-order valence-corrected chi connectivity index (χ4v) is 3.46. The second kappa shape index (κ2) is 7.67. The maximum absolute atomic E-state index is 14.3. The smallest absolute Gasteiger partial charge is 0.229 e. The molecule has 3 heterocycles. The number of carbonyl (C=O) groups excluding carboxylic acids is 2. The van der Waals surface area contributed by atoms with Crippen LogP contribution in [-0.4, -0.2) is 34.7 Å². The molecular weight excluding hydrogens is 403 g/mol. The van der Waals surface area contributed by atoms with Gasteiger partial charge in [0.15, 0.2) is 23.2 Å². The second-order valence-electron chi connectivity index (χ2n) is 7.11. The predicted octanol–water partition coefficient (Wildman–Crippen LogP) is 4.03. The van der Waals surface area contributed by atoms with Crippen LogP contribution in [0.25, 0.3) is 0 Å². The van der Waals surface area contributed by atoms with Crippen LogP contribution in [0, 0.1) is 5.82 Å². The van der Waals surface area contributed by atoms with E-state index in [0.717, 1.165) is 6.20 Å². The van der Waals surface area contributed by atoms with Gasteiger partial charge >= 0.3 is 0 Å². The van der Waals surface area contributed by atoms with Gasteiger partial charge in [-0.3, -0.25) is 9.59 Å².